The second kappa shape index (κ2) is 5.60. The molecule has 1 saturated carbocycles. The molecule has 1 heterocycles. The third-order valence-corrected chi connectivity index (χ3v) is 4.22. The van der Waals surface area contributed by atoms with E-state index in [-0.39, 0.29) is 12.1 Å². The van der Waals surface area contributed by atoms with E-state index in [9.17, 15) is 4.79 Å². The number of nitrogens with one attached hydrogen (secondary N) is 1. The van der Waals surface area contributed by atoms with Gasteiger partial charge >= 0.3 is 5.97 Å². The highest BCUT2D eigenvalue weighted by molar-refractivity contribution is 5.70. The summed E-state index contributed by atoms with van der Waals surface area (Å²) >= 11 is 0. The number of esters is 1. The molecule has 3 atom stereocenters. The molecule has 0 aromatic heterocycles. The van der Waals surface area contributed by atoms with Crippen LogP contribution in [0.25, 0.3) is 0 Å². The molecule has 2 aliphatic rings. The normalized spacial score (nSPS) is 35.4. The molecular weight excluding hydrogens is 226 g/mol. The van der Waals surface area contributed by atoms with Gasteiger partial charge in [0.1, 0.15) is 6.10 Å². The van der Waals surface area contributed by atoms with E-state index in [2.05, 4.69) is 26.1 Å². The maximum Gasteiger partial charge on any atom is 0.307 e. The van der Waals surface area contributed by atoms with Crippen molar-refractivity contribution in [2.24, 2.45) is 11.3 Å². The van der Waals surface area contributed by atoms with E-state index in [1.165, 1.54) is 12.8 Å². The number of ether oxygens (including phenoxy) is 1. The van der Waals surface area contributed by atoms with E-state index >= 15 is 0 Å². The molecule has 1 aliphatic carbocycles. The van der Waals surface area contributed by atoms with Gasteiger partial charge in [-0.1, -0.05) is 20.8 Å². The smallest absolute Gasteiger partial charge is 0.307 e. The minimum absolute atomic E-state index is 0.00991. The van der Waals surface area contributed by atoms with Crippen LogP contribution in [0, 0.1) is 11.3 Å². The van der Waals surface area contributed by atoms with E-state index in [4.69, 9.17) is 4.74 Å². The highest BCUT2D eigenvalue weighted by Crippen LogP contribution is 2.39. The summed E-state index contributed by atoms with van der Waals surface area (Å²) in [5.41, 5.74) is 0.314. The molecule has 0 bridgehead atoms. The Morgan fingerprint density at radius 3 is 2.78 bits per heavy atom. The summed E-state index contributed by atoms with van der Waals surface area (Å²) in [6, 6.07) is 0.353. The Labute approximate surface area is 111 Å². The second-order valence-corrected chi connectivity index (χ2v) is 7.02. The van der Waals surface area contributed by atoms with Gasteiger partial charge in [-0.15, -0.1) is 0 Å². The predicted molar refractivity (Wildman–Crippen MR) is 72.3 cm³/mol. The van der Waals surface area contributed by atoms with Crippen molar-refractivity contribution in [2.75, 3.05) is 6.54 Å². The van der Waals surface area contributed by atoms with Crippen LogP contribution in [0.4, 0.5) is 0 Å². The van der Waals surface area contributed by atoms with Gasteiger partial charge in [0.2, 0.25) is 0 Å². The van der Waals surface area contributed by atoms with E-state index in [0.717, 1.165) is 25.8 Å². The Balaban J connectivity index is 1.79. The Morgan fingerprint density at radius 2 is 2.17 bits per heavy atom. The van der Waals surface area contributed by atoms with Crippen LogP contribution < -0.4 is 5.32 Å². The van der Waals surface area contributed by atoms with Crippen molar-refractivity contribution in [3.05, 3.63) is 0 Å². The van der Waals surface area contributed by atoms with Gasteiger partial charge < -0.3 is 10.1 Å². The Bertz CT molecular complexity index is 295. The molecule has 1 aliphatic heterocycles. The van der Waals surface area contributed by atoms with Crippen LogP contribution in [0.15, 0.2) is 0 Å². The highest BCUT2D eigenvalue weighted by Gasteiger charge is 2.34. The largest absolute Gasteiger partial charge is 0.462 e. The maximum absolute atomic E-state index is 11.9. The van der Waals surface area contributed by atoms with Crippen molar-refractivity contribution >= 4 is 5.97 Å². The van der Waals surface area contributed by atoms with Crippen molar-refractivity contribution in [1.82, 2.24) is 5.32 Å². The van der Waals surface area contributed by atoms with Crippen LogP contribution in [-0.2, 0) is 9.53 Å². The molecule has 3 unspecified atom stereocenters. The fourth-order valence-electron chi connectivity index (χ4n) is 3.71. The summed E-state index contributed by atoms with van der Waals surface area (Å²) in [5.74, 6) is 0.653. The first kappa shape index (κ1) is 13.9. The Hall–Kier alpha value is -0.570. The quantitative estimate of drug-likeness (QED) is 0.786. The first-order valence-corrected chi connectivity index (χ1v) is 7.37. The van der Waals surface area contributed by atoms with E-state index in [1.807, 2.05) is 0 Å². The molecule has 0 spiro atoms. The lowest BCUT2D eigenvalue weighted by atomic mass is 9.71. The van der Waals surface area contributed by atoms with Gasteiger partial charge in [0.05, 0.1) is 6.42 Å². The highest BCUT2D eigenvalue weighted by atomic mass is 16.5. The molecule has 2 fully saturated rings. The first-order valence-electron chi connectivity index (χ1n) is 7.37. The van der Waals surface area contributed by atoms with E-state index < -0.39 is 0 Å². The monoisotopic (exact) mass is 253 g/mol. The average Bonchev–Trinajstić information content (AvgIpc) is 2.66. The summed E-state index contributed by atoms with van der Waals surface area (Å²) in [5, 5.41) is 3.35. The van der Waals surface area contributed by atoms with Crippen LogP contribution in [-0.4, -0.2) is 24.7 Å². The van der Waals surface area contributed by atoms with Crippen LogP contribution >= 0.6 is 0 Å². The van der Waals surface area contributed by atoms with Gasteiger partial charge in [-0.3, -0.25) is 4.79 Å². The molecule has 0 aromatic carbocycles. The zero-order valence-corrected chi connectivity index (χ0v) is 12.0. The Morgan fingerprint density at radius 1 is 1.39 bits per heavy atom. The van der Waals surface area contributed by atoms with Crippen molar-refractivity contribution in [3.63, 3.8) is 0 Å². The minimum Gasteiger partial charge on any atom is -0.462 e. The molecule has 1 saturated heterocycles. The summed E-state index contributed by atoms with van der Waals surface area (Å²) in [7, 11) is 0. The first-order chi connectivity index (χ1) is 8.44. The fourth-order valence-corrected chi connectivity index (χ4v) is 3.71. The lowest BCUT2D eigenvalue weighted by Gasteiger charge is -2.38. The summed E-state index contributed by atoms with van der Waals surface area (Å²) in [4.78, 5) is 11.9. The molecule has 3 nitrogen and oxygen atoms in total. The van der Waals surface area contributed by atoms with Gasteiger partial charge in [0.15, 0.2) is 0 Å². The SMILES string of the molecule is CC1CC(OC(=O)CC2CCCN2)CC(C)(C)C1. The number of rotatable bonds is 3. The number of carbonyl (C=O) groups excluding carboxylic acids is 1. The van der Waals surface area contributed by atoms with Gasteiger partial charge in [0.25, 0.3) is 0 Å². The van der Waals surface area contributed by atoms with Crippen molar-refractivity contribution in [2.45, 2.75) is 71.4 Å². The zero-order valence-electron chi connectivity index (χ0n) is 12.0. The molecule has 0 radical (unpaired) electrons. The fraction of sp³-hybridized carbons (Fsp3) is 0.933. The molecule has 0 amide bonds. The van der Waals surface area contributed by atoms with Gasteiger partial charge in [-0.2, -0.15) is 0 Å². The minimum atomic E-state index is -0.00991. The van der Waals surface area contributed by atoms with Crippen molar-refractivity contribution in [1.29, 1.82) is 0 Å². The Kier molecular flexibility index (Phi) is 4.31. The molecular formula is C15H27NO2. The molecule has 2 rings (SSSR count). The number of carbonyl (C=O) groups is 1. The topological polar surface area (TPSA) is 38.3 Å². The second-order valence-electron chi connectivity index (χ2n) is 7.02. The predicted octanol–water partition coefficient (Wildman–Crippen LogP) is 2.89. The molecule has 1 N–H and O–H groups in total. The van der Waals surface area contributed by atoms with Crippen molar-refractivity contribution < 1.29 is 9.53 Å². The van der Waals surface area contributed by atoms with Gasteiger partial charge in [0, 0.05) is 6.04 Å². The van der Waals surface area contributed by atoms with Crippen LogP contribution in [0.1, 0.15) is 59.3 Å². The number of hydrogen-bond donors (Lipinski definition) is 1. The summed E-state index contributed by atoms with van der Waals surface area (Å²) in [6.07, 6.45) is 6.27. The van der Waals surface area contributed by atoms with Crippen LogP contribution in [0.2, 0.25) is 0 Å². The average molecular weight is 253 g/mol. The van der Waals surface area contributed by atoms with Gasteiger partial charge in [-0.05, 0) is 50.0 Å². The van der Waals surface area contributed by atoms with Crippen LogP contribution in [0.3, 0.4) is 0 Å². The maximum atomic E-state index is 11.9. The third kappa shape index (κ3) is 3.98. The zero-order chi connectivity index (χ0) is 13.2. The van der Waals surface area contributed by atoms with E-state index in [1.54, 1.807) is 0 Å². The lowest BCUT2D eigenvalue weighted by Crippen LogP contribution is -2.35. The number of hydrogen-bond acceptors (Lipinski definition) is 3. The lowest BCUT2D eigenvalue weighted by molar-refractivity contribution is -0.153. The third-order valence-electron chi connectivity index (χ3n) is 4.22. The van der Waals surface area contributed by atoms with Gasteiger partial charge in [-0.25, -0.2) is 0 Å². The molecule has 0 aromatic rings. The molecule has 3 heteroatoms. The summed E-state index contributed by atoms with van der Waals surface area (Å²) < 4.78 is 5.68. The van der Waals surface area contributed by atoms with Crippen molar-refractivity contribution in [3.8, 4) is 0 Å². The molecule has 104 valence electrons. The van der Waals surface area contributed by atoms with Crippen LogP contribution in [0.5, 0.6) is 0 Å². The molecule has 18 heavy (non-hydrogen) atoms. The van der Waals surface area contributed by atoms with E-state index in [0.29, 0.717) is 23.8 Å². The summed E-state index contributed by atoms with van der Waals surface area (Å²) in [6.45, 7) is 7.87. The standard InChI is InChI=1S/C15H27NO2/c1-11-7-13(10-15(2,3)9-11)18-14(17)8-12-5-4-6-16-12/h11-13,16H,4-10H2,1-3H3.